The summed E-state index contributed by atoms with van der Waals surface area (Å²) in [5.74, 6) is 1.55. The summed E-state index contributed by atoms with van der Waals surface area (Å²) in [6, 6.07) is 7.14. The highest BCUT2D eigenvalue weighted by Crippen LogP contribution is 2.23. The van der Waals surface area contributed by atoms with Gasteiger partial charge in [-0.15, -0.1) is 5.10 Å². The van der Waals surface area contributed by atoms with Crippen LogP contribution in [0.1, 0.15) is 37.0 Å². The van der Waals surface area contributed by atoms with Crippen molar-refractivity contribution in [3.05, 3.63) is 36.0 Å². The van der Waals surface area contributed by atoms with Crippen molar-refractivity contribution in [2.75, 3.05) is 29.9 Å². The van der Waals surface area contributed by atoms with Gasteiger partial charge in [0.25, 0.3) is 0 Å². The number of carbonyl (C=O) groups excluding carboxylic acids is 1. The Bertz CT molecular complexity index is 729. The van der Waals surface area contributed by atoms with Gasteiger partial charge in [0.05, 0.1) is 24.1 Å². The average Bonchev–Trinajstić information content (AvgIpc) is 2.63. The summed E-state index contributed by atoms with van der Waals surface area (Å²) in [7, 11) is 0. The lowest BCUT2D eigenvalue weighted by molar-refractivity contribution is 0.0527. The van der Waals surface area contributed by atoms with Crippen molar-refractivity contribution in [3.8, 4) is 0 Å². The van der Waals surface area contributed by atoms with E-state index >= 15 is 0 Å². The molecular weight excluding hydrogens is 318 g/mol. The molecule has 132 valence electrons. The van der Waals surface area contributed by atoms with Crippen molar-refractivity contribution >= 4 is 23.4 Å². The Morgan fingerprint density at radius 3 is 2.84 bits per heavy atom. The monoisotopic (exact) mass is 341 g/mol. The van der Waals surface area contributed by atoms with Crippen LogP contribution >= 0.6 is 0 Å². The second kappa shape index (κ2) is 7.92. The molecule has 1 aliphatic heterocycles. The Hall–Kier alpha value is -2.70. The van der Waals surface area contributed by atoms with E-state index in [-0.39, 0.29) is 5.97 Å². The van der Waals surface area contributed by atoms with Gasteiger partial charge in [0.2, 0.25) is 5.95 Å². The second-order valence-electron chi connectivity index (χ2n) is 6.20. The fraction of sp³-hybridized carbons (Fsp3) is 0.444. The highest BCUT2D eigenvalue weighted by atomic mass is 16.5. The number of ether oxygens (including phenoxy) is 1. The molecule has 25 heavy (non-hydrogen) atoms. The maximum absolute atomic E-state index is 12.1. The summed E-state index contributed by atoms with van der Waals surface area (Å²) < 4.78 is 5.09. The fourth-order valence-electron chi connectivity index (χ4n) is 2.84. The predicted octanol–water partition coefficient (Wildman–Crippen LogP) is 3.03. The lowest BCUT2D eigenvalue weighted by atomic mass is 9.99. The first-order valence-corrected chi connectivity index (χ1v) is 8.65. The minimum Gasteiger partial charge on any atom is -0.462 e. The number of para-hydroxylation sites is 1. The third-order valence-corrected chi connectivity index (χ3v) is 4.32. The lowest BCUT2D eigenvalue weighted by Gasteiger charge is -2.30. The first kappa shape index (κ1) is 17.1. The summed E-state index contributed by atoms with van der Waals surface area (Å²) in [5, 5.41) is 11.2. The zero-order valence-corrected chi connectivity index (χ0v) is 14.6. The third-order valence-electron chi connectivity index (χ3n) is 4.32. The lowest BCUT2D eigenvalue weighted by Crippen LogP contribution is -2.33. The zero-order valence-electron chi connectivity index (χ0n) is 14.6. The van der Waals surface area contributed by atoms with E-state index in [0.29, 0.717) is 23.8 Å². The van der Waals surface area contributed by atoms with Crippen LogP contribution in [0.25, 0.3) is 0 Å². The molecule has 2 aromatic rings. The van der Waals surface area contributed by atoms with Crippen LogP contribution in [-0.2, 0) is 4.74 Å². The zero-order chi connectivity index (χ0) is 17.6. The maximum atomic E-state index is 12.1. The highest BCUT2D eigenvalue weighted by molar-refractivity contribution is 5.96. The molecule has 1 saturated heterocycles. The van der Waals surface area contributed by atoms with E-state index in [1.54, 1.807) is 31.3 Å². The molecule has 7 nitrogen and oxygen atoms in total. The number of benzene rings is 1. The Morgan fingerprint density at radius 1 is 1.32 bits per heavy atom. The van der Waals surface area contributed by atoms with E-state index < -0.39 is 0 Å². The van der Waals surface area contributed by atoms with Crippen LogP contribution in [0.5, 0.6) is 0 Å². The standard InChI is InChI=1S/C18H23N5O2/c1-3-25-17(24)14-6-4-5-7-15(14)20-18-21-16(12-19-22-18)23-10-8-13(2)9-11-23/h4-7,12-13H,3,8-11H2,1-2H3,(H,20,21,22). The number of aromatic nitrogens is 3. The van der Waals surface area contributed by atoms with Crippen molar-refractivity contribution in [2.24, 2.45) is 5.92 Å². The molecule has 2 heterocycles. The van der Waals surface area contributed by atoms with Gasteiger partial charge < -0.3 is 15.0 Å². The molecule has 0 amide bonds. The Balaban J connectivity index is 1.78. The highest BCUT2D eigenvalue weighted by Gasteiger charge is 2.18. The van der Waals surface area contributed by atoms with Gasteiger partial charge in [0.1, 0.15) is 0 Å². The predicted molar refractivity (Wildman–Crippen MR) is 96.1 cm³/mol. The SMILES string of the molecule is CCOC(=O)c1ccccc1Nc1nncc(N2CCC(C)CC2)n1. The molecule has 0 radical (unpaired) electrons. The van der Waals surface area contributed by atoms with Gasteiger partial charge in [-0.05, 0) is 37.8 Å². The van der Waals surface area contributed by atoms with Crippen LogP contribution in [0, 0.1) is 5.92 Å². The number of carbonyl (C=O) groups is 1. The van der Waals surface area contributed by atoms with Gasteiger partial charge in [-0.3, -0.25) is 0 Å². The number of esters is 1. The normalized spacial score (nSPS) is 15.0. The molecule has 3 rings (SSSR count). The summed E-state index contributed by atoms with van der Waals surface area (Å²) in [6.07, 6.45) is 3.98. The molecule has 1 fully saturated rings. The van der Waals surface area contributed by atoms with Gasteiger partial charge in [-0.25, -0.2) is 4.79 Å². The van der Waals surface area contributed by atoms with E-state index in [1.807, 2.05) is 6.07 Å². The Labute approximate surface area is 147 Å². The van der Waals surface area contributed by atoms with Gasteiger partial charge in [0, 0.05) is 13.1 Å². The summed E-state index contributed by atoms with van der Waals surface area (Å²) in [6.45, 7) is 6.32. The molecule has 0 aliphatic carbocycles. The molecule has 1 N–H and O–H groups in total. The minimum absolute atomic E-state index is 0.327. The Morgan fingerprint density at radius 2 is 2.08 bits per heavy atom. The van der Waals surface area contributed by atoms with Crippen LogP contribution in [0.4, 0.5) is 17.5 Å². The van der Waals surface area contributed by atoms with Crippen molar-refractivity contribution in [1.82, 2.24) is 15.2 Å². The molecule has 0 spiro atoms. The van der Waals surface area contributed by atoms with Crippen molar-refractivity contribution in [2.45, 2.75) is 26.7 Å². The van der Waals surface area contributed by atoms with E-state index in [9.17, 15) is 4.79 Å². The number of piperidine rings is 1. The van der Waals surface area contributed by atoms with E-state index in [2.05, 4.69) is 32.3 Å². The summed E-state index contributed by atoms with van der Waals surface area (Å²) in [5.41, 5.74) is 1.05. The Kier molecular flexibility index (Phi) is 5.42. The van der Waals surface area contributed by atoms with Crippen molar-refractivity contribution in [1.29, 1.82) is 0 Å². The van der Waals surface area contributed by atoms with Crippen LogP contribution in [0.2, 0.25) is 0 Å². The number of nitrogens with zero attached hydrogens (tertiary/aromatic N) is 4. The molecule has 7 heteroatoms. The number of hydrogen-bond acceptors (Lipinski definition) is 7. The van der Waals surface area contributed by atoms with Crippen molar-refractivity contribution in [3.63, 3.8) is 0 Å². The topological polar surface area (TPSA) is 80.2 Å². The molecule has 0 atom stereocenters. The van der Waals surface area contributed by atoms with Crippen LogP contribution < -0.4 is 10.2 Å². The first-order valence-electron chi connectivity index (χ1n) is 8.65. The van der Waals surface area contributed by atoms with E-state index in [4.69, 9.17) is 4.74 Å². The minimum atomic E-state index is -0.375. The third kappa shape index (κ3) is 4.23. The van der Waals surface area contributed by atoms with Crippen LogP contribution in [0.3, 0.4) is 0 Å². The van der Waals surface area contributed by atoms with Gasteiger partial charge in [-0.2, -0.15) is 10.1 Å². The quantitative estimate of drug-likeness (QED) is 0.837. The molecule has 0 unspecified atom stereocenters. The smallest absolute Gasteiger partial charge is 0.340 e. The summed E-state index contributed by atoms with van der Waals surface area (Å²) in [4.78, 5) is 18.8. The van der Waals surface area contributed by atoms with Crippen LogP contribution in [0.15, 0.2) is 30.5 Å². The second-order valence-corrected chi connectivity index (χ2v) is 6.20. The van der Waals surface area contributed by atoms with E-state index in [0.717, 1.165) is 37.7 Å². The van der Waals surface area contributed by atoms with Crippen molar-refractivity contribution < 1.29 is 9.53 Å². The molecule has 1 aromatic heterocycles. The van der Waals surface area contributed by atoms with E-state index in [1.165, 1.54) is 0 Å². The number of anilines is 3. The number of hydrogen-bond donors (Lipinski definition) is 1. The molecule has 1 aliphatic rings. The number of nitrogens with one attached hydrogen (secondary N) is 1. The number of rotatable bonds is 5. The molecular formula is C18H23N5O2. The summed E-state index contributed by atoms with van der Waals surface area (Å²) >= 11 is 0. The maximum Gasteiger partial charge on any atom is 0.340 e. The molecule has 1 aromatic carbocycles. The largest absolute Gasteiger partial charge is 0.462 e. The van der Waals surface area contributed by atoms with Crippen LogP contribution in [-0.4, -0.2) is 40.8 Å². The van der Waals surface area contributed by atoms with Gasteiger partial charge in [-0.1, -0.05) is 19.1 Å². The molecule has 0 bridgehead atoms. The molecule has 0 saturated carbocycles. The average molecular weight is 341 g/mol. The van der Waals surface area contributed by atoms with Gasteiger partial charge >= 0.3 is 5.97 Å². The van der Waals surface area contributed by atoms with Gasteiger partial charge in [0.15, 0.2) is 5.82 Å². The first-order chi connectivity index (χ1) is 12.2. The fourth-order valence-corrected chi connectivity index (χ4v) is 2.84.